The number of carboxylic acid groups (broad SMARTS) is 1. The van der Waals surface area contributed by atoms with Crippen LogP contribution in [0.15, 0.2) is 74.4 Å². The maximum Gasteiger partial charge on any atom is 0.332 e. The number of benzene rings is 2. The Balaban J connectivity index is 1.39. The molecule has 0 atom stereocenters. The molecule has 2 N–H and O–H groups in total. The summed E-state index contributed by atoms with van der Waals surface area (Å²) in [6.45, 7) is 2.44. The lowest BCUT2D eigenvalue weighted by atomic mass is 10.0. The third-order valence-corrected chi connectivity index (χ3v) is 8.63. The van der Waals surface area contributed by atoms with Crippen LogP contribution in [-0.4, -0.2) is 41.3 Å². The van der Waals surface area contributed by atoms with Crippen LogP contribution in [0.5, 0.6) is 0 Å². The summed E-state index contributed by atoms with van der Waals surface area (Å²) in [6, 6.07) is 17.5. The van der Waals surface area contributed by atoms with Gasteiger partial charge in [-0.05, 0) is 61.6 Å². The van der Waals surface area contributed by atoms with Gasteiger partial charge in [-0.3, -0.25) is 0 Å². The molecule has 9 nitrogen and oxygen atoms in total. The summed E-state index contributed by atoms with van der Waals surface area (Å²) >= 11 is 11.8. The molecular weight excluding hydrogens is 628 g/mol. The number of H-pyrrole nitrogens is 1. The molecule has 0 fully saturated rings. The van der Waals surface area contributed by atoms with Crippen LogP contribution >= 0.6 is 38.9 Å². The Labute approximate surface area is 251 Å². The molecule has 0 saturated heterocycles. The molecule has 0 radical (unpaired) electrons. The number of halogens is 2. The predicted octanol–water partition coefficient (Wildman–Crippen LogP) is 7.28. The van der Waals surface area contributed by atoms with Crippen molar-refractivity contribution in [2.24, 2.45) is 0 Å². The van der Waals surface area contributed by atoms with Gasteiger partial charge in [0.2, 0.25) is 0 Å². The zero-order chi connectivity index (χ0) is 28.5. The highest BCUT2D eigenvalue weighted by atomic mass is 79.9. The van der Waals surface area contributed by atoms with Crippen molar-refractivity contribution >= 4 is 61.9 Å². The lowest BCUT2D eigenvalue weighted by Gasteiger charge is -2.11. The van der Waals surface area contributed by atoms with E-state index in [2.05, 4.69) is 47.6 Å². The lowest BCUT2D eigenvalue weighted by Crippen LogP contribution is -2.08. The fraction of sp³-hybridized carbons (Fsp3) is 0.138. The molecule has 0 aliphatic heterocycles. The third kappa shape index (κ3) is 5.35. The zero-order valence-electron chi connectivity index (χ0n) is 21.6. The minimum Gasteiger partial charge on any atom is -0.478 e. The molecule has 0 aliphatic carbocycles. The van der Waals surface area contributed by atoms with Gasteiger partial charge in [0, 0.05) is 46.3 Å². The number of aryl methyl sites for hydroxylation is 1. The second-order valence-corrected chi connectivity index (χ2v) is 11.4. The number of fused-ring (bicyclic) bond motifs is 1. The van der Waals surface area contributed by atoms with E-state index in [9.17, 15) is 9.90 Å². The van der Waals surface area contributed by atoms with Crippen LogP contribution in [0.25, 0.3) is 39.8 Å². The van der Waals surface area contributed by atoms with Gasteiger partial charge in [-0.1, -0.05) is 54.9 Å². The number of aromatic amines is 1. The van der Waals surface area contributed by atoms with Crippen LogP contribution in [0.2, 0.25) is 5.15 Å². The highest BCUT2D eigenvalue weighted by Crippen LogP contribution is 2.41. The van der Waals surface area contributed by atoms with Gasteiger partial charge in [-0.15, -0.1) is 16.4 Å². The summed E-state index contributed by atoms with van der Waals surface area (Å²) in [7, 11) is 0. The number of hydrogen-bond acceptors (Lipinski definition) is 7. The Morgan fingerprint density at radius 1 is 1.20 bits per heavy atom. The second kappa shape index (κ2) is 11.4. The molecule has 206 valence electrons. The Morgan fingerprint density at radius 2 is 2.02 bits per heavy atom. The maximum absolute atomic E-state index is 12.1. The van der Waals surface area contributed by atoms with Crippen molar-refractivity contribution in [3.05, 3.63) is 97.1 Å². The average Bonchev–Trinajstić information content (AvgIpc) is 3.78. The molecular formula is C29H22BrClN6O3S. The van der Waals surface area contributed by atoms with Crippen molar-refractivity contribution in [3.8, 4) is 22.7 Å². The summed E-state index contributed by atoms with van der Waals surface area (Å²) in [5.74, 6) is 0.979. The van der Waals surface area contributed by atoms with Crippen molar-refractivity contribution in [2.45, 2.75) is 26.3 Å². The van der Waals surface area contributed by atoms with Gasteiger partial charge >= 0.3 is 5.97 Å². The van der Waals surface area contributed by atoms with E-state index in [0.29, 0.717) is 42.2 Å². The highest BCUT2D eigenvalue weighted by Gasteiger charge is 2.21. The van der Waals surface area contributed by atoms with Crippen molar-refractivity contribution in [3.63, 3.8) is 0 Å². The number of aromatic nitrogens is 6. The molecule has 12 heteroatoms. The molecule has 6 rings (SSSR count). The van der Waals surface area contributed by atoms with Crippen molar-refractivity contribution in [2.75, 3.05) is 0 Å². The van der Waals surface area contributed by atoms with E-state index in [0.717, 1.165) is 37.3 Å². The first-order valence-electron chi connectivity index (χ1n) is 12.7. The van der Waals surface area contributed by atoms with Crippen LogP contribution in [0.1, 0.15) is 28.9 Å². The van der Waals surface area contributed by atoms with Crippen LogP contribution in [0, 0.1) is 0 Å². The Morgan fingerprint density at radius 3 is 2.73 bits per heavy atom. The van der Waals surface area contributed by atoms with E-state index in [1.807, 2.05) is 65.4 Å². The first-order chi connectivity index (χ1) is 19.9. The van der Waals surface area contributed by atoms with Gasteiger partial charge in [0.25, 0.3) is 0 Å². The first-order valence-corrected chi connectivity index (χ1v) is 14.7. The molecule has 0 spiro atoms. The third-order valence-electron chi connectivity index (χ3n) is 6.69. The molecule has 6 aromatic rings. The molecule has 0 bridgehead atoms. The molecule has 4 aromatic heterocycles. The Hall–Kier alpha value is -4.06. The average molecular weight is 650 g/mol. The number of aliphatic carboxylic acids is 1. The second-order valence-electron chi connectivity index (χ2n) is 9.25. The van der Waals surface area contributed by atoms with Crippen LogP contribution in [-0.2, 0) is 24.2 Å². The van der Waals surface area contributed by atoms with Gasteiger partial charge in [0.15, 0.2) is 11.0 Å². The monoisotopic (exact) mass is 648 g/mol. The predicted molar refractivity (Wildman–Crippen MR) is 162 cm³/mol. The summed E-state index contributed by atoms with van der Waals surface area (Å²) in [5, 5.41) is 27.3. The number of nitrogens with one attached hydrogen (secondary N) is 1. The van der Waals surface area contributed by atoms with Gasteiger partial charge in [0.1, 0.15) is 17.2 Å². The van der Waals surface area contributed by atoms with E-state index in [4.69, 9.17) is 16.0 Å². The molecule has 0 amide bonds. The minimum absolute atomic E-state index is 0.247. The number of carbonyl (C=O) groups is 1. The van der Waals surface area contributed by atoms with Crippen molar-refractivity contribution in [1.29, 1.82) is 0 Å². The molecule has 0 saturated carbocycles. The zero-order valence-corrected chi connectivity index (χ0v) is 24.8. The largest absolute Gasteiger partial charge is 0.478 e. The SMILES string of the molecule is CCc1nc(Cl)c(C=C(Cc2cccs2)C(=O)O)n1Cc1ccc2oc(-c3ccccc3-c3nnn[nH]3)c(Br)c2c1. The maximum atomic E-state index is 12.1. The van der Waals surface area contributed by atoms with Crippen molar-refractivity contribution in [1.82, 2.24) is 30.2 Å². The van der Waals surface area contributed by atoms with Gasteiger partial charge < -0.3 is 14.1 Å². The number of tetrazole rings is 1. The summed E-state index contributed by atoms with van der Waals surface area (Å²) in [6.07, 6.45) is 2.57. The number of carboxylic acids is 1. The number of furan rings is 1. The Kier molecular flexibility index (Phi) is 7.57. The quantitative estimate of drug-likeness (QED) is 0.158. The Bertz CT molecular complexity index is 1890. The smallest absolute Gasteiger partial charge is 0.332 e. The van der Waals surface area contributed by atoms with E-state index in [-0.39, 0.29) is 10.7 Å². The van der Waals surface area contributed by atoms with Gasteiger partial charge in [0.05, 0.1) is 10.2 Å². The highest BCUT2D eigenvalue weighted by molar-refractivity contribution is 9.10. The number of thiophene rings is 1. The van der Waals surface area contributed by atoms with Gasteiger partial charge in [-0.25, -0.2) is 14.9 Å². The standard InChI is InChI=1S/C29H22BrClN6O3S/c1-2-24-32-27(31)22(14-17(29(38)39)13-18-6-5-11-41-18)37(24)15-16-9-10-23-21(12-16)25(30)26(40-23)19-7-3-4-8-20(19)28-33-35-36-34-28/h3-12,14H,2,13,15H2,1H3,(H,38,39)(H,33,34,35,36). The number of imidazole rings is 1. The first kappa shape index (κ1) is 27.1. The number of nitrogens with zero attached hydrogens (tertiary/aromatic N) is 5. The van der Waals surface area contributed by atoms with Crippen LogP contribution in [0.3, 0.4) is 0 Å². The number of hydrogen-bond donors (Lipinski definition) is 2. The molecule has 4 heterocycles. The summed E-state index contributed by atoms with van der Waals surface area (Å²) < 4.78 is 9.06. The van der Waals surface area contributed by atoms with Crippen LogP contribution < -0.4 is 0 Å². The van der Waals surface area contributed by atoms with Crippen LogP contribution in [0.4, 0.5) is 0 Å². The summed E-state index contributed by atoms with van der Waals surface area (Å²) in [5.41, 5.74) is 4.16. The topological polar surface area (TPSA) is 123 Å². The fourth-order valence-corrected chi connectivity index (χ4v) is 6.34. The van der Waals surface area contributed by atoms with E-state index in [1.54, 1.807) is 6.08 Å². The summed E-state index contributed by atoms with van der Waals surface area (Å²) in [4.78, 5) is 17.6. The molecule has 2 aromatic carbocycles. The normalized spacial score (nSPS) is 11.9. The van der Waals surface area contributed by atoms with E-state index in [1.165, 1.54) is 11.3 Å². The number of rotatable bonds is 9. The molecule has 0 aliphatic rings. The van der Waals surface area contributed by atoms with E-state index >= 15 is 0 Å². The fourth-order valence-electron chi connectivity index (χ4n) is 4.75. The molecule has 41 heavy (non-hydrogen) atoms. The minimum atomic E-state index is -0.988. The van der Waals surface area contributed by atoms with Crippen molar-refractivity contribution < 1.29 is 14.3 Å². The molecule has 0 unspecified atom stereocenters. The van der Waals surface area contributed by atoms with E-state index < -0.39 is 5.97 Å². The lowest BCUT2D eigenvalue weighted by molar-refractivity contribution is -0.132. The van der Waals surface area contributed by atoms with Gasteiger partial charge in [-0.2, -0.15) is 0 Å².